The predicted molar refractivity (Wildman–Crippen MR) is 63.1 cm³/mol. The first kappa shape index (κ1) is 15.3. The Morgan fingerprint density at radius 3 is 2.44 bits per heavy atom. The Hall–Kier alpha value is -0.780. The molecule has 1 N–H and O–H groups in total. The Morgan fingerprint density at radius 2 is 2.00 bits per heavy atom. The molecule has 6 heteroatoms. The molecule has 1 amide bonds. The Labute approximate surface area is 106 Å². The van der Waals surface area contributed by atoms with E-state index in [4.69, 9.17) is 0 Å². The number of nitrogens with zero attached hydrogens (tertiary/aromatic N) is 1. The summed E-state index contributed by atoms with van der Waals surface area (Å²) in [7, 11) is 1.22. The first-order chi connectivity index (χ1) is 8.14. The van der Waals surface area contributed by atoms with Crippen LogP contribution in [0.3, 0.4) is 0 Å². The predicted octanol–water partition coefficient (Wildman–Crippen LogP) is 2.03. The van der Waals surface area contributed by atoms with Crippen molar-refractivity contribution in [3.8, 4) is 0 Å². The Bertz CT molecular complexity index is 296. The summed E-state index contributed by atoms with van der Waals surface area (Å²) in [6.07, 6.45) is -2.50. The molecule has 18 heavy (non-hydrogen) atoms. The van der Waals surface area contributed by atoms with Crippen molar-refractivity contribution in [1.29, 1.82) is 0 Å². The second-order valence-electron chi connectivity index (χ2n) is 5.54. The molecule has 0 aromatic carbocycles. The lowest BCUT2D eigenvalue weighted by Gasteiger charge is -2.38. The van der Waals surface area contributed by atoms with Crippen LogP contribution in [-0.4, -0.2) is 43.7 Å². The summed E-state index contributed by atoms with van der Waals surface area (Å²) in [6, 6.07) is 0. The zero-order chi connectivity index (χ0) is 14.0. The molecular formula is C12H21F3N2O. The summed E-state index contributed by atoms with van der Waals surface area (Å²) < 4.78 is 36.9. The third-order valence-electron chi connectivity index (χ3n) is 3.63. The van der Waals surface area contributed by atoms with Gasteiger partial charge in [0.25, 0.3) is 0 Å². The minimum atomic E-state index is -4.34. The van der Waals surface area contributed by atoms with Crippen LogP contribution in [0.4, 0.5) is 13.2 Å². The van der Waals surface area contributed by atoms with Crippen LogP contribution in [0.25, 0.3) is 0 Å². The number of amides is 1. The van der Waals surface area contributed by atoms with E-state index >= 15 is 0 Å². The van der Waals surface area contributed by atoms with Crippen molar-refractivity contribution in [2.24, 2.45) is 11.3 Å². The van der Waals surface area contributed by atoms with Crippen LogP contribution in [0.2, 0.25) is 0 Å². The summed E-state index contributed by atoms with van der Waals surface area (Å²) >= 11 is 0. The third-order valence-corrected chi connectivity index (χ3v) is 3.63. The number of carbonyl (C=O) groups excluding carboxylic acids is 1. The second kappa shape index (κ2) is 5.47. The van der Waals surface area contributed by atoms with E-state index in [1.54, 1.807) is 13.8 Å². The zero-order valence-electron chi connectivity index (χ0n) is 11.1. The van der Waals surface area contributed by atoms with Crippen LogP contribution < -0.4 is 5.32 Å². The molecule has 0 saturated carbocycles. The van der Waals surface area contributed by atoms with E-state index in [-0.39, 0.29) is 5.92 Å². The van der Waals surface area contributed by atoms with Gasteiger partial charge in [-0.3, -0.25) is 4.79 Å². The molecule has 1 atom stereocenters. The first-order valence-electron chi connectivity index (χ1n) is 6.17. The minimum Gasteiger partial charge on any atom is -0.336 e. The molecule has 3 nitrogen and oxygen atoms in total. The van der Waals surface area contributed by atoms with Crippen molar-refractivity contribution in [2.75, 3.05) is 26.7 Å². The minimum absolute atomic E-state index is 0.0921. The molecule has 1 saturated heterocycles. The van der Waals surface area contributed by atoms with Gasteiger partial charge in [-0.05, 0) is 31.8 Å². The number of alkyl halides is 3. The normalized spacial score (nSPS) is 21.8. The van der Waals surface area contributed by atoms with Crippen LogP contribution in [0.5, 0.6) is 0 Å². The summed E-state index contributed by atoms with van der Waals surface area (Å²) in [6.45, 7) is 3.90. The van der Waals surface area contributed by atoms with E-state index in [1.165, 1.54) is 7.05 Å². The molecule has 0 aromatic heterocycles. The van der Waals surface area contributed by atoms with E-state index in [2.05, 4.69) is 5.32 Å². The fourth-order valence-corrected chi connectivity index (χ4v) is 2.48. The molecule has 0 spiro atoms. The maximum atomic E-state index is 12.3. The molecule has 1 rings (SSSR count). The molecule has 1 unspecified atom stereocenters. The number of piperidine rings is 1. The fourth-order valence-electron chi connectivity index (χ4n) is 2.48. The van der Waals surface area contributed by atoms with E-state index in [9.17, 15) is 18.0 Å². The van der Waals surface area contributed by atoms with Gasteiger partial charge in [0.1, 0.15) is 6.54 Å². The van der Waals surface area contributed by atoms with Crippen molar-refractivity contribution in [3.63, 3.8) is 0 Å². The summed E-state index contributed by atoms with van der Waals surface area (Å²) in [4.78, 5) is 12.9. The fraction of sp³-hybridized carbons (Fsp3) is 0.917. The molecule has 0 aliphatic carbocycles. The number of rotatable bonds is 3. The highest BCUT2D eigenvalue weighted by molar-refractivity contribution is 5.82. The Kier molecular flexibility index (Phi) is 4.64. The molecule has 1 heterocycles. The van der Waals surface area contributed by atoms with Gasteiger partial charge in [0, 0.05) is 12.5 Å². The summed E-state index contributed by atoms with van der Waals surface area (Å²) in [5.74, 6) is -0.344. The first-order valence-corrected chi connectivity index (χ1v) is 6.17. The van der Waals surface area contributed by atoms with Crippen LogP contribution in [-0.2, 0) is 4.79 Å². The second-order valence-corrected chi connectivity index (χ2v) is 5.54. The maximum Gasteiger partial charge on any atom is 0.406 e. The summed E-state index contributed by atoms with van der Waals surface area (Å²) in [5, 5.41) is 3.19. The Morgan fingerprint density at radius 1 is 1.39 bits per heavy atom. The maximum absolute atomic E-state index is 12.3. The van der Waals surface area contributed by atoms with Gasteiger partial charge in [-0.1, -0.05) is 13.8 Å². The van der Waals surface area contributed by atoms with Gasteiger partial charge < -0.3 is 10.2 Å². The molecular weight excluding hydrogens is 245 g/mol. The SMILES string of the molecule is CN(CC(F)(F)F)C(=O)C(C)(C)C1CCCNC1. The smallest absolute Gasteiger partial charge is 0.336 e. The third kappa shape index (κ3) is 3.86. The lowest BCUT2D eigenvalue weighted by atomic mass is 9.74. The lowest BCUT2D eigenvalue weighted by Crippen LogP contribution is -2.49. The van der Waals surface area contributed by atoms with Gasteiger partial charge in [-0.15, -0.1) is 0 Å². The van der Waals surface area contributed by atoms with Crippen LogP contribution in [0, 0.1) is 11.3 Å². The van der Waals surface area contributed by atoms with Crippen molar-refractivity contribution in [3.05, 3.63) is 0 Å². The Balaban J connectivity index is 2.68. The lowest BCUT2D eigenvalue weighted by molar-refractivity contribution is -0.166. The largest absolute Gasteiger partial charge is 0.406 e. The van der Waals surface area contributed by atoms with Gasteiger partial charge in [0.15, 0.2) is 0 Å². The van der Waals surface area contributed by atoms with E-state index < -0.39 is 24.0 Å². The van der Waals surface area contributed by atoms with Crippen molar-refractivity contribution >= 4 is 5.91 Å². The van der Waals surface area contributed by atoms with Crippen LogP contribution in [0.15, 0.2) is 0 Å². The standard InChI is InChI=1S/C12H21F3N2O/c1-11(2,9-5-4-6-16-7-9)10(18)17(3)8-12(13,14)15/h9,16H,4-8H2,1-3H3. The van der Waals surface area contributed by atoms with Crippen LogP contribution in [0.1, 0.15) is 26.7 Å². The van der Waals surface area contributed by atoms with Crippen molar-refractivity contribution in [2.45, 2.75) is 32.9 Å². The molecule has 106 valence electrons. The topological polar surface area (TPSA) is 32.3 Å². The number of hydrogen-bond acceptors (Lipinski definition) is 2. The van der Waals surface area contributed by atoms with Gasteiger partial charge in [0.2, 0.25) is 5.91 Å². The van der Waals surface area contributed by atoms with Gasteiger partial charge in [-0.25, -0.2) is 0 Å². The quantitative estimate of drug-likeness (QED) is 0.847. The average Bonchev–Trinajstić information content (AvgIpc) is 2.27. The van der Waals surface area contributed by atoms with E-state index in [0.29, 0.717) is 6.54 Å². The molecule has 1 aliphatic rings. The number of carbonyl (C=O) groups is 1. The molecule has 0 aromatic rings. The monoisotopic (exact) mass is 266 g/mol. The van der Waals surface area contributed by atoms with Crippen LogP contribution >= 0.6 is 0 Å². The van der Waals surface area contributed by atoms with Crippen molar-refractivity contribution in [1.82, 2.24) is 10.2 Å². The van der Waals surface area contributed by atoms with E-state index in [1.807, 2.05) is 0 Å². The number of halogens is 3. The summed E-state index contributed by atoms with van der Waals surface area (Å²) in [5.41, 5.74) is -0.757. The molecule has 0 bridgehead atoms. The number of hydrogen-bond donors (Lipinski definition) is 1. The molecule has 1 aliphatic heterocycles. The van der Waals surface area contributed by atoms with Gasteiger partial charge >= 0.3 is 6.18 Å². The highest BCUT2D eigenvalue weighted by Crippen LogP contribution is 2.34. The highest BCUT2D eigenvalue weighted by Gasteiger charge is 2.41. The van der Waals surface area contributed by atoms with Crippen molar-refractivity contribution < 1.29 is 18.0 Å². The van der Waals surface area contributed by atoms with Gasteiger partial charge in [0.05, 0.1) is 0 Å². The molecule has 0 radical (unpaired) electrons. The average molecular weight is 266 g/mol. The highest BCUT2D eigenvalue weighted by atomic mass is 19.4. The number of nitrogens with one attached hydrogen (secondary N) is 1. The molecule has 1 fully saturated rings. The van der Waals surface area contributed by atoms with Gasteiger partial charge in [-0.2, -0.15) is 13.2 Å². The zero-order valence-corrected chi connectivity index (χ0v) is 11.1. The van der Waals surface area contributed by atoms with E-state index in [0.717, 1.165) is 24.3 Å².